The smallest absolute Gasteiger partial charge is 0.353 e. The summed E-state index contributed by atoms with van der Waals surface area (Å²) >= 11 is 0. The van der Waals surface area contributed by atoms with Gasteiger partial charge in [-0.15, -0.1) is 0 Å². The Bertz CT molecular complexity index is 373. The summed E-state index contributed by atoms with van der Waals surface area (Å²) in [6.07, 6.45) is 7.24. The van der Waals surface area contributed by atoms with E-state index in [2.05, 4.69) is 10.5 Å². The van der Waals surface area contributed by atoms with E-state index < -0.39 is 12.1 Å². The second kappa shape index (κ2) is 6.54. The maximum Gasteiger partial charge on any atom is 0.353 e. The number of carboxylic acid groups (broad SMARTS) is 1. The highest BCUT2D eigenvalue weighted by molar-refractivity contribution is 6.36. The number of carbonyl (C=O) groups excluding carboxylic acids is 1. The van der Waals surface area contributed by atoms with Crippen molar-refractivity contribution in [2.24, 2.45) is 5.16 Å². The summed E-state index contributed by atoms with van der Waals surface area (Å²) in [5.41, 5.74) is -0.0854. The normalized spacial score (nSPS) is 24.8. The van der Waals surface area contributed by atoms with Gasteiger partial charge in [-0.25, -0.2) is 4.79 Å². The third-order valence-electron chi connectivity index (χ3n) is 3.66. The highest BCUT2D eigenvalue weighted by Crippen LogP contribution is 2.18. The lowest BCUT2D eigenvalue weighted by Gasteiger charge is -2.22. The zero-order chi connectivity index (χ0) is 13.7. The number of nitrogens with one attached hydrogen (secondary N) is 1. The van der Waals surface area contributed by atoms with Gasteiger partial charge in [0.2, 0.25) is 6.10 Å². The molecule has 1 aliphatic carbocycles. The fourth-order valence-electron chi connectivity index (χ4n) is 2.54. The molecule has 19 heavy (non-hydrogen) atoms. The molecule has 0 aromatic rings. The zero-order valence-electron chi connectivity index (χ0n) is 10.9. The quantitative estimate of drug-likeness (QED) is 0.810. The van der Waals surface area contributed by atoms with Crippen LogP contribution in [0.25, 0.3) is 0 Å². The number of nitrogens with zero attached hydrogens (tertiary/aromatic N) is 1. The van der Waals surface area contributed by atoms with Crippen molar-refractivity contribution in [2.45, 2.75) is 63.5 Å². The second-order valence-electron chi connectivity index (χ2n) is 5.19. The maximum absolute atomic E-state index is 12.0. The number of oxime groups is 1. The highest BCUT2D eigenvalue weighted by atomic mass is 16.6. The van der Waals surface area contributed by atoms with E-state index in [4.69, 9.17) is 9.94 Å². The van der Waals surface area contributed by atoms with E-state index in [1.54, 1.807) is 0 Å². The molecule has 6 nitrogen and oxygen atoms in total. The first kappa shape index (κ1) is 13.8. The predicted octanol–water partition coefficient (Wildman–Crippen LogP) is 1.44. The summed E-state index contributed by atoms with van der Waals surface area (Å²) in [6.45, 7) is 0. The number of hydrogen-bond acceptors (Lipinski definition) is 4. The molecule has 1 amide bonds. The van der Waals surface area contributed by atoms with Gasteiger partial charge in [-0.3, -0.25) is 4.79 Å². The predicted molar refractivity (Wildman–Crippen MR) is 68.8 cm³/mol. The van der Waals surface area contributed by atoms with Crippen molar-refractivity contribution in [3.8, 4) is 0 Å². The van der Waals surface area contributed by atoms with Gasteiger partial charge < -0.3 is 15.3 Å². The van der Waals surface area contributed by atoms with Crippen LogP contribution < -0.4 is 5.32 Å². The number of aliphatic carboxylic acids is 1. The van der Waals surface area contributed by atoms with Crippen molar-refractivity contribution in [1.82, 2.24) is 5.32 Å². The third-order valence-corrected chi connectivity index (χ3v) is 3.66. The Labute approximate surface area is 112 Å². The van der Waals surface area contributed by atoms with Gasteiger partial charge in [-0.05, 0) is 12.8 Å². The molecule has 2 N–H and O–H groups in total. The molecule has 1 unspecified atom stereocenters. The molecule has 0 radical (unpaired) electrons. The second-order valence-corrected chi connectivity index (χ2v) is 5.19. The molecule has 106 valence electrons. The van der Waals surface area contributed by atoms with Crippen molar-refractivity contribution < 1.29 is 19.5 Å². The lowest BCUT2D eigenvalue weighted by atomic mass is 9.96. The number of hydrogen-bond donors (Lipinski definition) is 2. The van der Waals surface area contributed by atoms with Crippen molar-refractivity contribution >= 4 is 17.6 Å². The topological polar surface area (TPSA) is 88.0 Å². The van der Waals surface area contributed by atoms with E-state index in [1.165, 1.54) is 19.3 Å². The summed E-state index contributed by atoms with van der Waals surface area (Å²) < 4.78 is 0. The monoisotopic (exact) mass is 268 g/mol. The largest absolute Gasteiger partial charge is 0.477 e. The van der Waals surface area contributed by atoms with Gasteiger partial charge in [-0.2, -0.15) is 0 Å². The molecule has 0 spiro atoms. The fraction of sp³-hybridized carbons (Fsp3) is 0.769. The summed E-state index contributed by atoms with van der Waals surface area (Å²) in [5, 5.41) is 15.1. The highest BCUT2D eigenvalue weighted by Gasteiger charge is 2.32. The Morgan fingerprint density at radius 2 is 1.79 bits per heavy atom. The van der Waals surface area contributed by atoms with Gasteiger partial charge in [0, 0.05) is 12.5 Å². The Morgan fingerprint density at radius 1 is 1.16 bits per heavy atom. The lowest BCUT2D eigenvalue weighted by molar-refractivity contribution is -0.132. The Balaban J connectivity index is 1.79. The number of carbonyl (C=O) groups is 2. The van der Waals surface area contributed by atoms with E-state index in [0.717, 1.165) is 25.7 Å². The Morgan fingerprint density at radius 3 is 2.37 bits per heavy atom. The third kappa shape index (κ3) is 3.94. The van der Waals surface area contributed by atoms with Crippen molar-refractivity contribution in [1.29, 1.82) is 0 Å². The van der Waals surface area contributed by atoms with Gasteiger partial charge in [0.15, 0.2) is 5.71 Å². The number of rotatable bonds is 3. The van der Waals surface area contributed by atoms with Crippen LogP contribution in [0.5, 0.6) is 0 Å². The first-order valence-corrected chi connectivity index (χ1v) is 6.93. The molecule has 0 bridgehead atoms. The van der Waals surface area contributed by atoms with Crippen LogP contribution in [0.1, 0.15) is 51.4 Å². The molecule has 0 saturated heterocycles. The van der Waals surface area contributed by atoms with E-state index >= 15 is 0 Å². The molecule has 1 saturated carbocycles. The van der Waals surface area contributed by atoms with Crippen LogP contribution in [0.3, 0.4) is 0 Å². The zero-order valence-corrected chi connectivity index (χ0v) is 10.9. The van der Waals surface area contributed by atoms with E-state index in [-0.39, 0.29) is 24.1 Å². The van der Waals surface area contributed by atoms with Crippen LogP contribution in [0, 0.1) is 0 Å². The van der Waals surface area contributed by atoms with E-state index in [0.29, 0.717) is 0 Å². The molecule has 1 fully saturated rings. The van der Waals surface area contributed by atoms with Crippen molar-refractivity contribution in [3.05, 3.63) is 0 Å². The van der Waals surface area contributed by atoms with Crippen molar-refractivity contribution in [2.75, 3.05) is 0 Å². The first-order valence-electron chi connectivity index (χ1n) is 6.93. The number of carboxylic acids is 1. The average molecular weight is 268 g/mol. The van der Waals surface area contributed by atoms with Crippen LogP contribution in [0.2, 0.25) is 0 Å². The molecule has 1 atom stereocenters. The van der Waals surface area contributed by atoms with Crippen LogP contribution in [-0.2, 0) is 14.4 Å². The van der Waals surface area contributed by atoms with Gasteiger partial charge in [0.05, 0.1) is 0 Å². The van der Waals surface area contributed by atoms with Gasteiger partial charge >= 0.3 is 5.97 Å². The molecule has 2 rings (SSSR count). The lowest BCUT2D eigenvalue weighted by Crippen LogP contribution is -2.42. The molecule has 1 heterocycles. The van der Waals surface area contributed by atoms with E-state index in [9.17, 15) is 9.59 Å². The minimum absolute atomic E-state index is 0.0495. The SMILES string of the molecule is O=C(O)C1=NOC(C(=O)NC2CCCCCCC2)C1. The van der Waals surface area contributed by atoms with Gasteiger partial charge in [0.1, 0.15) is 0 Å². The van der Waals surface area contributed by atoms with E-state index in [1.807, 2.05) is 0 Å². The van der Waals surface area contributed by atoms with Crippen LogP contribution >= 0.6 is 0 Å². The molecule has 6 heteroatoms. The summed E-state index contributed by atoms with van der Waals surface area (Å²) in [6, 6.07) is 0.185. The molecule has 0 aromatic heterocycles. The minimum Gasteiger partial charge on any atom is -0.477 e. The van der Waals surface area contributed by atoms with Gasteiger partial charge in [0.25, 0.3) is 5.91 Å². The molecule has 2 aliphatic rings. The summed E-state index contributed by atoms with van der Waals surface area (Å²) in [4.78, 5) is 27.6. The maximum atomic E-state index is 12.0. The minimum atomic E-state index is -1.12. The summed E-state index contributed by atoms with van der Waals surface area (Å²) in [5.74, 6) is -1.37. The molecule has 0 aromatic carbocycles. The van der Waals surface area contributed by atoms with Crippen LogP contribution in [0.4, 0.5) is 0 Å². The Hall–Kier alpha value is -1.59. The van der Waals surface area contributed by atoms with Crippen LogP contribution in [-0.4, -0.2) is 34.8 Å². The number of amides is 1. The standard InChI is InChI=1S/C13H20N2O4/c16-12(11-8-10(13(17)18)15-19-11)14-9-6-4-2-1-3-5-7-9/h9,11H,1-8H2,(H,14,16)(H,17,18). The molecule has 1 aliphatic heterocycles. The Kier molecular flexibility index (Phi) is 4.76. The molecular formula is C13H20N2O4. The average Bonchev–Trinajstić information content (AvgIpc) is 2.82. The fourth-order valence-corrected chi connectivity index (χ4v) is 2.54. The summed E-state index contributed by atoms with van der Waals surface area (Å²) in [7, 11) is 0. The van der Waals surface area contributed by atoms with Gasteiger partial charge in [-0.1, -0.05) is 37.3 Å². The molecular weight excluding hydrogens is 248 g/mol. The van der Waals surface area contributed by atoms with Crippen molar-refractivity contribution in [3.63, 3.8) is 0 Å². The first-order chi connectivity index (χ1) is 9.16. The van der Waals surface area contributed by atoms with Crippen LogP contribution in [0.15, 0.2) is 5.16 Å².